The molecule has 2 aromatic rings. The largest absolute Gasteiger partial charge is 0.354 e. The Morgan fingerprint density at radius 1 is 1.28 bits per heavy atom. The number of carbonyl (C=O) groups excluding carboxylic acids is 1. The molecule has 25 heavy (non-hydrogen) atoms. The molecule has 0 atom stereocenters. The zero-order valence-corrected chi connectivity index (χ0v) is 17.3. The highest BCUT2D eigenvalue weighted by Crippen LogP contribution is 2.22. The van der Waals surface area contributed by atoms with Crippen molar-refractivity contribution in [2.24, 2.45) is 4.99 Å². The van der Waals surface area contributed by atoms with E-state index in [4.69, 9.17) is 0 Å². The van der Waals surface area contributed by atoms with Crippen molar-refractivity contribution in [3.05, 3.63) is 40.9 Å². The van der Waals surface area contributed by atoms with Crippen molar-refractivity contribution in [2.75, 3.05) is 24.5 Å². The van der Waals surface area contributed by atoms with E-state index in [1.54, 1.807) is 0 Å². The Kier molecular flexibility index (Phi) is 7.76. The first kappa shape index (κ1) is 19.8. The second kappa shape index (κ2) is 9.81. The molecule has 1 aliphatic rings. The maximum atomic E-state index is 12.6. The van der Waals surface area contributed by atoms with Crippen LogP contribution in [0.5, 0.6) is 0 Å². The van der Waals surface area contributed by atoms with Gasteiger partial charge in [-0.05, 0) is 6.42 Å². The topological polar surface area (TPSA) is 70.5 Å². The monoisotopic (exact) mass is 471 g/mol. The first-order valence-electron chi connectivity index (χ1n) is 8.24. The summed E-state index contributed by atoms with van der Waals surface area (Å²) >= 11 is 1.54. The number of benzene rings is 1. The van der Waals surface area contributed by atoms with Crippen LogP contribution in [0.1, 0.15) is 35.1 Å². The normalized spacial score (nSPS) is 12.9. The highest BCUT2D eigenvalue weighted by atomic mass is 127. The van der Waals surface area contributed by atoms with Crippen molar-refractivity contribution < 1.29 is 4.79 Å². The highest BCUT2D eigenvalue weighted by Gasteiger charge is 2.23. The van der Waals surface area contributed by atoms with Crippen LogP contribution in [0.4, 0.5) is 5.13 Å². The molecule has 0 saturated carbocycles. The number of nitrogens with one attached hydrogen (secondary N) is 1. The number of ketones is 1. The average Bonchev–Trinajstić information content (AvgIpc) is 3.30. The van der Waals surface area contributed by atoms with E-state index < -0.39 is 0 Å². The number of aryl methyl sites for hydroxylation is 1. The number of aromatic nitrogens is 2. The van der Waals surface area contributed by atoms with Gasteiger partial charge in [0.05, 0.1) is 13.1 Å². The Morgan fingerprint density at radius 3 is 2.76 bits per heavy atom. The van der Waals surface area contributed by atoms with E-state index in [1.807, 2.05) is 35.2 Å². The smallest absolute Gasteiger partial charge is 0.215 e. The van der Waals surface area contributed by atoms with Gasteiger partial charge in [-0.2, -0.15) is 0 Å². The zero-order valence-electron chi connectivity index (χ0n) is 14.1. The number of rotatable bonds is 7. The first-order valence-corrected chi connectivity index (χ1v) is 9.06. The quantitative estimate of drug-likeness (QED) is 0.497. The minimum absolute atomic E-state index is 0. The molecule has 0 fully saturated rings. The SMILES string of the molecule is CCCCc1nnc(N(CC(=O)c2ccccc2)C2=NCCN2)s1.I. The molecule has 0 spiro atoms. The lowest BCUT2D eigenvalue weighted by atomic mass is 10.1. The van der Waals surface area contributed by atoms with Crippen LogP contribution in [0.15, 0.2) is 35.3 Å². The lowest BCUT2D eigenvalue weighted by Crippen LogP contribution is -2.42. The molecule has 3 rings (SSSR count). The number of hydrogen-bond donors (Lipinski definition) is 1. The van der Waals surface area contributed by atoms with Crippen LogP contribution in [0.25, 0.3) is 0 Å². The van der Waals surface area contributed by atoms with Crippen LogP contribution in [-0.4, -0.2) is 41.6 Å². The van der Waals surface area contributed by atoms with Crippen molar-refractivity contribution in [3.63, 3.8) is 0 Å². The Bertz CT molecular complexity index is 719. The second-order valence-electron chi connectivity index (χ2n) is 5.59. The van der Waals surface area contributed by atoms with Crippen LogP contribution in [-0.2, 0) is 6.42 Å². The number of nitrogens with zero attached hydrogens (tertiary/aromatic N) is 4. The predicted octanol–water partition coefficient (Wildman–Crippen LogP) is 3.15. The van der Waals surface area contributed by atoms with Gasteiger partial charge in [0.2, 0.25) is 11.1 Å². The molecule has 1 aromatic heterocycles. The summed E-state index contributed by atoms with van der Waals surface area (Å²) in [7, 11) is 0. The zero-order chi connectivity index (χ0) is 16.8. The molecule has 0 saturated heterocycles. The number of aliphatic imine (C=N–C) groups is 1. The fraction of sp³-hybridized carbons (Fsp3) is 0.412. The molecule has 8 heteroatoms. The number of Topliss-reactive ketones (excluding diaryl/α,β-unsaturated/α-hetero) is 1. The van der Waals surface area contributed by atoms with Crippen LogP contribution < -0.4 is 10.2 Å². The van der Waals surface area contributed by atoms with Gasteiger partial charge in [0.25, 0.3) is 0 Å². The molecular weight excluding hydrogens is 449 g/mol. The summed E-state index contributed by atoms with van der Waals surface area (Å²) in [4.78, 5) is 18.9. The molecule has 134 valence electrons. The predicted molar refractivity (Wildman–Crippen MR) is 112 cm³/mol. The average molecular weight is 471 g/mol. The van der Waals surface area contributed by atoms with Crippen LogP contribution in [0, 0.1) is 0 Å². The van der Waals surface area contributed by atoms with Crippen molar-refractivity contribution in [2.45, 2.75) is 26.2 Å². The Hall–Kier alpha value is -1.55. The number of unbranched alkanes of at least 4 members (excludes halogenated alkanes) is 1. The van der Waals surface area contributed by atoms with Gasteiger partial charge in [-0.25, -0.2) is 0 Å². The lowest BCUT2D eigenvalue weighted by molar-refractivity contribution is 0.100. The molecule has 0 radical (unpaired) electrons. The summed E-state index contributed by atoms with van der Waals surface area (Å²) in [5.41, 5.74) is 0.691. The van der Waals surface area contributed by atoms with Crippen LogP contribution in [0.3, 0.4) is 0 Å². The molecular formula is C17H22IN5OS. The van der Waals surface area contributed by atoms with E-state index in [0.717, 1.165) is 35.9 Å². The van der Waals surface area contributed by atoms with Crippen molar-refractivity contribution in [1.82, 2.24) is 15.5 Å². The fourth-order valence-corrected chi connectivity index (χ4v) is 3.32. The number of anilines is 1. The maximum absolute atomic E-state index is 12.6. The minimum Gasteiger partial charge on any atom is -0.354 e. The summed E-state index contributed by atoms with van der Waals surface area (Å²) in [6.45, 7) is 3.86. The minimum atomic E-state index is 0. The lowest BCUT2D eigenvalue weighted by Gasteiger charge is -2.20. The fourth-order valence-electron chi connectivity index (χ4n) is 2.44. The Labute approximate surface area is 168 Å². The molecule has 0 aliphatic carbocycles. The molecule has 2 heterocycles. The number of hydrogen-bond acceptors (Lipinski definition) is 7. The van der Waals surface area contributed by atoms with E-state index in [9.17, 15) is 4.79 Å². The van der Waals surface area contributed by atoms with Gasteiger partial charge in [0.1, 0.15) is 5.01 Å². The highest BCUT2D eigenvalue weighted by molar-refractivity contribution is 14.0. The summed E-state index contributed by atoms with van der Waals surface area (Å²) in [5.74, 6) is 0.745. The number of guanidine groups is 1. The number of halogens is 1. The first-order chi connectivity index (χ1) is 11.8. The molecule has 1 aromatic carbocycles. The van der Waals surface area contributed by atoms with Gasteiger partial charge in [0, 0.05) is 18.5 Å². The van der Waals surface area contributed by atoms with Crippen LogP contribution >= 0.6 is 35.3 Å². The van der Waals surface area contributed by atoms with E-state index in [1.165, 1.54) is 11.3 Å². The van der Waals surface area contributed by atoms with Gasteiger partial charge >= 0.3 is 0 Å². The van der Waals surface area contributed by atoms with E-state index in [0.29, 0.717) is 18.1 Å². The summed E-state index contributed by atoms with van der Waals surface area (Å²) in [6.07, 6.45) is 3.14. The molecule has 0 amide bonds. The summed E-state index contributed by atoms with van der Waals surface area (Å²) < 4.78 is 0. The van der Waals surface area contributed by atoms with Crippen molar-refractivity contribution in [1.29, 1.82) is 0 Å². The third-order valence-corrected chi connectivity index (χ3v) is 4.75. The van der Waals surface area contributed by atoms with Gasteiger partial charge in [-0.1, -0.05) is 55.0 Å². The molecule has 1 aliphatic heterocycles. The number of carbonyl (C=O) groups is 1. The van der Waals surface area contributed by atoms with Gasteiger partial charge in [-0.15, -0.1) is 34.2 Å². The van der Waals surface area contributed by atoms with Crippen LogP contribution in [0.2, 0.25) is 0 Å². The second-order valence-corrected chi connectivity index (χ2v) is 6.63. The third kappa shape index (κ3) is 5.21. The maximum Gasteiger partial charge on any atom is 0.215 e. The van der Waals surface area contributed by atoms with Gasteiger partial charge in [-0.3, -0.25) is 14.7 Å². The Balaban J connectivity index is 0.00000225. The molecule has 0 bridgehead atoms. The van der Waals surface area contributed by atoms with Crippen molar-refractivity contribution >= 4 is 52.2 Å². The standard InChI is InChI=1S/C17H21N5OS.HI/c1-2-3-9-15-20-21-17(24-15)22(16-18-10-11-19-16)12-14(23)13-7-5-4-6-8-13;/h4-8H,2-3,9-12H2,1H3,(H,18,19);1H. The van der Waals surface area contributed by atoms with Gasteiger partial charge in [0.15, 0.2) is 5.78 Å². The molecule has 0 unspecified atom stereocenters. The third-order valence-electron chi connectivity index (χ3n) is 3.74. The summed E-state index contributed by atoms with van der Waals surface area (Å²) in [5, 5.41) is 13.5. The molecule has 1 N–H and O–H groups in total. The van der Waals surface area contributed by atoms with E-state index >= 15 is 0 Å². The van der Waals surface area contributed by atoms with Crippen molar-refractivity contribution in [3.8, 4) is 0 Å². The van der Waals surface area contributed by atoms with Gasteiger partial charge < -0.3 is 5.32 Å². The van der Waals surface area contributed by atoms with E-state index in [-0.39, 0.29) is 36.3 Å². The summed E-state index contributed by atoms with van der Waals surface area (Å²) in [6, 6.07) is 9.31. The molecule has 6 nitrogen and oxygen atoms in total. The Morgan fingerprint density at radius 2 is 2.08 bits per heavy atom. The van der Waals surface area contributed by atoms with E-state index in [2.05, 4.69) is 27.4 Å².